The quantitative estimate of drug-likeness (QED) is 0.727. The van der Waals surface area contributed by atoms with Gasteiger partial charge in [-0.15, -0.1) is 0 Å². The second kappa shape index (κ2) is 3.56. The number of aromatic hydroxyl groups is 1. The molecule has 3 heteroatoms. The van der Waals surface area contributed by atoms with Crippen molar-refractivity contribution >= 4 is 11.6 Å². The Balaban J connectivity index is 2.94. The molecule has 1 N–H and O–H groups in total. The van der Waals surface area contributed by atoms with Gasteiger partial charge in [-0.25, -0.2) is 0 Å². The van der Waals surface area contributed by atoms with Gasteiger partial charge in [-0.1, -0.05) is 11.6 Å². The highest BCUT2D eigenvalue weighted by atomic mass is 35.5. The summed E-state index contributed by atoms with van der Waals surface area (Å²) in [7, 11) is 6.21. The molecule has 0 fully saturated rings. The minimum absolute atomic E-state index is 0.317. The number of halogens is 1. The van der Waals surface area contributed by atoms with Crippen LogP contribution >= 0.6 is 11.6 Å². The van der Waals surface area contributed by atoms with Crippen molar-refractivity contribution in [2.45, 2.75) is 6.54 Å². The van der Waals surface area contributed by atoms with Crippen LogP contribution in [0.3, 0.4) is 0 Å². The zero-order chi connectivity index (χ0) is 10.1. The Morgan fingerprint density at radius 1 is 1.31 bits per heavy atom. The third-order valence-electron chi connectivity index (χ3n) is 1.69. The van der Waals surface area contributed by atoms with Gasteiger partial charge in [0, 0.05) is 10.6 Å². The predicted octanol–water partition coefficient (Wildman–Crippen LogP) is 2.25. The Kier molecular flexibility index (Phi) is 2.84. The highest BCUT2D eigenvalue weighted by molar-refractivity contribution is 6.30. The second-order valence-electron chi connectivity index (χ2n) is 4.22. The normalized spacial score (nSPS) is 11.7. The number of hydrogen-bond acceptors (Lipinski definition) is 1. The molecule has 0 radical (unpaired) electrons. The lowest BCUT2D eigenvalue weighted by atomic mass is 10.2. The molecule has 0 aromatic heterocycles. The molecule has 0 saturated heterocycles. The lowest BCUT2D eigenvalue weighted by Gasteiger charge is -2.24. The van der Waals surface area contributed by atoms with Crippen LogP contribution in [-0.2, 0) is 6.54 Å². The van der Waals surface area contributed by atoms with Crippen LogP contribution < -0.4 is 0 Å². The molecule has 0 amide bonds. The van der Waals surface area contributed by atoms with E-state index in [0.29, 0.717) is 10.8 Å². The Hall–Kier alpha value is -0.730. The second-order valence-corrected chi connectivity index (χ2v) is 4.66. The number of quaternary nitrogens is 1. The molecule has 13 heavy (non-hydrogen) atoms. The van der Waals surface area contributed by atoms with E-state index in [1.165, 1.54) is 0 Å². The van der Waals surface area contributed by atoms with E-state index in [9.17, 15) is 5.11 Å². The molecule has 1 aromatic rings. The molecule has 0 atom stereocenters. The van der Waals surface area contributed by atoms with E-state index in [2.05, 4.69) is 21.1 Å². The molecule has 0 aliphatic rings. The van der Waals surface area contributed by atoms with E-state index >= 15 is 0 Å². The summed E-state index contributed by atoms with van der Waals surface area (Å²) in [6, 6.07) is 5.13. The summed E-state index contributed by atoms with van der Waals surface area (Å²) in [6.45, 7) is 0.770. The third-order valence-corrected chi connectivity index (χ3v) is 1.92. The minimum Gasteiger partial charge on any atom is -0.507 e. The molecule has 0 spiro atoms. The third kappa shape index (κ3) is 3.25. The van der Waals surface area contributed by atoms with E-state index in [-0.39, 0.29) is 0 Å². The largest absolute Gasteiger partial charge is 0.507 e. The number of phenols is 1. The number of rotatable bonds is 2. The van der Waals surface area contributed by atoms with Gasteiger partial charge < -0.3 is 9.59 Å². The number of phenolic OH excluding ortho intramolecular Hbond substituents is 1. The first-order valence-electron chi connectivity index (χ1n) is 4.16. The molecule has 1 rings (SSSR count). The molecule has 0 aliphatic heterocycles. The maximum absolute atomic E-state index is 9.53. The van der Waals surface area contributed by atoms with Crippen molar-refractivity contribution in [3.8, 4) is 5.75 Å². The maximum Gasteiger partial charge on any atom is 0.124 e. The first-order chi connectivity index (χ1) is 5.88. The van der Waals surface area contributed by atoms with Crippen molar-refractivity contribution in [2.24, 2.45) is 0 Å². The molecule has 2 nitrogen and oxygen atoms in total. The van der Waals surface area contributed by atoms with Crippen molar-refractivity contribution in [3.05, 3.63) is 28.8 Å². The highest BCUT2D eigenvalue weighted by Crippen LogP contribution is 2.23. The molecular weight excluding hydrogens is 186 g/mol. The molecule has 0 heterocycles. The Bertz CT molecular complexity index is 304. The fraction of sp³-hybridized carbons (Fsp3) is 0.400. The van der Waals surface area contributed by atoms with Gasteiger partial charge in [0.05, 0.1) is 21.1 Å². The molecular formula is C10H15ClNO+. The van der Waals surface area contributed by atoms with E-state index in [0.717, 1.165) is 16.6 Å². The standard InChI is InChI=1S/C10H14ClNO/c1-12(2,3)7-8-6-9(11)4-5-10(8)13/h4-6H,7H2,1-3H3/p+1. The van der Waals surface area contributed by atoms with Gasteiger partial charge in [-0.3, -0.25) is 0 Å². The molecule has 0 unspecified atom stereocenters. The summed E-state index contributed by atoms with van der Waals surface area (Å²) in [5.74, 6) is 0.317. The van der Waals surface area contributed by atoms with Crippen molar-refractivity contribution in [3.63, 3.8) is 0 Å². The van der Waals surface area contributed by atoms with Gasteiger partial charge in [0.25, 0.3) is 0 Å². The van der Waals surface area contributed by atoms with Crippen LogP contribution in [0.5, 0.6) is 5.75 Å². The average Bonchev–Trinajstić information content (AvgIpc) is 1.94. The van der Waals surface area contributed by atoms with Gasteiger partial charge >= 0.3 is 0 Å². The van der Waals surface area contributed by atoms with Gasteiger partial charge in [-0.2, -0.15) is 0 Å². The van der Waals surface area contributed by atoms with Crippen LogP contribution in [0.25, 0.3) is 0 Å². The van der Waals surface area contributed by atoms with Crippen LogP contribution in [0.1, 0.15) is 5.56 Å². The van der Waals surface area contributed by atoms with E-state index in [1.54, 1.807) is 18.2 Å². The first-order valence-corrected chi connectivity index (χ1v) is 4.54. The van der Waals surface area contributed by atoms with Gasteiger partial charge in [-0.05, 0) is 18.2 Å². The monoisotopic (exact) mass is 200 g/mol. The van der Waals surface area contributed by atoms with Crippen molar-refractivity contribution in [1.29, 1.82) is 0 Å². The number of hydrogen-bond donors (Lipinski definition) is 1. The molecule has 0 saturated carbocycles. The highest BCUT2D eigenvalue weighted by Gasteiger charge is 2.12. The topological polar surface area (TPSA) is 20.2 Å². The Labute approximate surface area is 84.0 Å². The Morgan fingerprint density at radius 2 is 1.92 bits per heavy atom. The van der Waals surface area contributed by atoms with Crippen LogP contribution in [0.4, 0.5) is 0 Å². The molecule has 72 valence electrons. The van der Waals surface area contributed by atoms with E-state index < -0.39 is 0 Å². The van der Waals surface area contributed by atoms with Crippen LogP contribution in [0, 0.1) is 0 Å². The van der Waals surface area contributed by atoms with Crippen molar-refractivity contribution < 1.29 is 9.59 Å². The fourth-order valence-electron chi connectivity index (χ4n) is 1.19. The van der Waals surface area contributed by atoms with E-state index in [1.807, 2.05) is 0 Å². The smallest absolute Gasteiger partial charge is 0.124 e. The van der Waals surface area contributed by atoms with Crippen molar-refractivity contribution in [1.82, 2.24) is 0 Å². The summed E-state index contributed by atoms with van der Waals surface area (Å²) in [5, 5.41) is 10.2. The van der Waals surface area contributed by atoms with Gasteiger partial charge in [0.2, 0.25) is 0 Å². The van der Waals surface area contributed by atoms with Gasteiger partial charge in [0.15, 0.2) is 0 Å². The maximum atomic E-state index is 9.53. The first kappa shape index (κ1) is 10.4. The Morgan fingerprint density at radius 3 is 2.46 bits per heavy atom. The summed E-state index contributed by atoms with van der Waals surface area (Å²) in [6.07, 6.45) is 0. The van der Waals surface area contributed by atoms with Crippen molar-refractivity contribution in [2.75, 3.05) is 21.1 Å². The van der Waals surface area contributed by atoms with Crippen LogP contribution in [-0.4, -0.2) is 30.7 Å². The summed E-state index contributed by atoms with van der Waals surface area (Å²) >= 11 is 5.83. The predicted molar refractivity (Wildman–Crippen MR) is 54.9 cm³/mol. The lowest BCUT2D eigenvalue weighted by Crippen LogP contribution is -2.33. The lowest BCUT2D eigenvalue weighted by molar-refractivity contribution is -0.884. The molecule has 0 bridgehead atoms. The minimum atomic E-state index is 0.317. The summed E-state index contributed by atoms with van der Waals surface area (Å²) < 4.78 is 0.772. The zero-order valence-corrected chi connectivity index (χ0v) is 8.97. The summed E-state index contributed by atoms with van der Waals surface area (Å²) in [5.41, 5.74) is 0.889. The number of benzene rings is 1. The zero-order valence-electron chi connectivity index (χ0n) is 8.21. The van der Waals surface area contributed by atoms with Gasteiger partial charge in [0.1, 0.15) is 12.3 Å². The van der Waals surface area contributed by atoms with Crippen LogP contribution in [0.2, 0.25) is 5.02 Å². The fourth-order valence-corrected chi connectivity index (χ4v) is 1.39. The SMILES string of the molecule is C[N+](C)(C)Cc1cc(Cl)ccc1O. The van der Waals surface area contributed by atoms with Crippen LogP contribution in [0.15, 0.2) is 18.2 Å². The number of nitrogens with zero attached hydrogens (tertiary/aromatic N) is 1. The van der Waals surface area contributed by atoms with E-state index in [4.69, 9.17) is 11.6 Å². The molecule has 1 aromatic carbocycles. The molecule has 0 aliphatic carbocycles. The summed E-state index contributed by atoms with van der Waals surface area (Å²) in [4.78, 5) is 0. The average molecular weight is 201 g/mol.